The van der Waals surface area contributed by atoms with E-state index in [4.69, 9.17) is 23.7 Å². The van der Waals surface area contributed by atoms with E-state index < -0.39 is 83.2 Å². The molecule has 2 aromatic carbocycles. The molecule has 1 aliphatic heterocycles. The fraction of sp³-hybridized carbons (Fsp3) is 0.500. The van der Waals surface area contributed by atoms with Gasteiger partial charge in [-0.3, -0.25) is 9.59 Å². The highest BCUT2D eigenvalue weighted by molar-refractivity contribution is 6.30. The van der Waals surface area contributed by atoms with E-state index in [9.17, 15) is 40.2 Å². The lowest BCUT2D eigenvalue weighted by Crippen LogP contribution is -2.60. The maximum Gasteiger partial charge on any atom is 0.201 e. The maximum absolute atomic E-state index is 13.7. The van der Waals surface area contributed by atoms with E-state index in [2.05, 4.69) is 0 Å². The van der Waals surface area contributed by atoms with Gasteiger partial charge in [0, 0.05) is 37.0 Å². The van der Waals surface area contributed by atoms with Crippen LogP contribution in [0.4, 0.5) is 0 Å². The molecule has 0 spiro atoms. The van der Waals surface area contributed by atoms with E-state index >= 15 is 0 Å². The third-order valence-electron chi connectivity index (χ3n) is 8.22. The first kappa shape index (κ1) is 29.4. The van der Waals surface area contributed by atoms with Crippen LogP contribution in [0, 0.1) is 0 Å². The summed E-state index contributed by atoms with van der Waals surface area (Å²) in [5.74, 6) is -2.76. The zero-order valence-electron chi connectivity index (χ0n) is 22.9. The molecule has 6 N–H and O–H groups in total. The SMILES string of the molecule is COc1cc(O)c2c(c1)C(=O)c1cc3c(c(O)c1C2=O)[C@@H](O[C@H]1O[C@@H](C)[C@H](O)[C@@H](O)[C@@H]1OC)[C@H](OC)[C@](C)(O)[C@@H]3O. The summed E-state index contributed by atoms with van der Waals surface area (Å²) in [6, 6.07) is 3.62. The molecule has 0 saturated carbocycles. The van der Waals surface area contributed by atoms with Crippen molar-refractivity contribution in [3.05, 3.63) is 51.6 Å². The van der Waals surface area contributed by atoms with Crippen LogP contribution >= 0.6 is 0 Å². The highest BCUT2D eigenvalue weighted by Crippen LogP contribution is 2.53. The lowest BCUT2D eigenvalue weighted by Gasteiger charge is -2.48. The average molecular weight is 577 g/mol. The quantitative estimate of drug-likeness (QED) is 0.241. The molecule has 1 saturated heterocycles. The molecule has 0 aromatic heterocycles. The van der Waals surface area contributed by atoms with Crippen LogP contribution in [0.25, 0.3) is 0 Å². The van der Waals surface area contributed by atoms with Gasteiger partial charge in [0.1, 0.15) is 59.5 Å². The molecular formula is C28H32O13. The Balaban J connectivity index is 1.70. The number of ether oxygens (including phenoxy) is 5. The van der Waals surface area contributed by atoms with Crippen molar-refractivity contribution in [1.82, 2.24) is 0 Å². The van der Waals surface area contributed by atoms with Crippen molar-refractivity contribution in [3.63, 3.8) is 0 Å². The summed E-state index contributed by atoms with van der Waals surface area (Å²) in [7, 11) is 3.81. The van der Waals surface area contributed by atoms with Gasteiger partial charge in [0.05, 0.1) is 24.3 Å². The molecule has 13 nitrogen and oxygen atoms in total. The Kier molecular flexibility index (Phi) is 7.37. The van der Waals surface area contributed by atoms with Crippen LogP contribution in [0.5, 0.6) is 17.2 Å². The van der Waals surface area contributed by atoms with E-state index in [1.165, 1.54) is 47.3 Å². The van der Waals surface area contributed by atoms with Gasteiger partial charge in [-0.1, -0.05) is 0 Å². The fourth-order valence-corrected chi connectivity index (χ4v) is 5.98. The number of rotatable bonds is 5. The van der Waals surface area contributed by atoms with E-state index in [1.54, 1.807) is 0 Å². The highest BCUT2D eigenvalue weighted by atomic mass is 16.7. The van der Waals surface area contributed by atoms with E-state index in [1.807, 2.05) is 0 Å². The van der Waals surface area contributed by atoms with Gasteiger partial charge in [-0.05, 0) is 31.5 Å². The molecule has 41 heavy (non-hydrogen) atoms. The number of hydrogen-bond donors (Lipinski definition) is 6. The summed E-state index contributed by atoms with van der Waals surface area (Å²) in [6.45, 7) is 2.76. The van der Waals surface area contributed by atoms with Gasteiger partial charge in [-0.15, -0.1) is 0 Å². The number of carbonyl (C=O) groups is 2. The minimum absolute atomic E-state index is 0.120. The molecule has 2 aliphatic carbocycles. The van der Waals surface area contributed by atoms with Crippen molar-refractivity contribution < 1.29 is 63.9 Å². The van der Waals surface area contributed by atoms with Gasteiger partial charge < -0.3 is 54.3 Å². The average Bonchev–Trinajstić information content (AvgIpc) is 2.92. The summed E-state index contributed by atoms with van der Waals surface area (Å²) in [5, 5.41) is 65.7. The van der Waals surface area contributed by atoms with Crippen molar-refractivity contribution in [3.8, 4) is 17.2 Å². The number of phenolic OH excluding ortho intramolecular Hbond substituents is 2. The van der Waals surface area contributed by atoms with E-state index in [0.29, 0.717) is 0 Å². The van der Waals surface area contributed by atoms with Crippen LogP contribution in [-0.4, -0.2) is 106 Å². The largest absolute Gasteiger partial charge is 0.507 e. The first-order valence-corrected chi connectivity index (χ1v) is 12.8. The number of aromatic hydroxyl groups is 2. The van der Waals surface area contributed by atoms with Crippen molar-refractivity contribution in [2.75, 3.05) is 21.3 Å². The summed E-state index contributed by atoms with van der Waals surface area (Å²) in [4.78, 5) is 27.2. The van der Waals surface area contributed by atoms with E-state index in [-0.39, 0.29) is 33.6 Å². The molecule has 0 bridgehead atoms. The van der Waals surface area contributed by atoms with Crippen LogP contribution < -0.4 is 4.74 Å². The second-order valence-electron chi connectivity index (χ2n) is 10.6. The zero-order chi connectivity index (χ0) is 30.1. The summed E-state index contributed by atoms with van der Waals surface area (Å²) >= 11 is 0. The predicted octanol–water partition coefficient (Wildman–Crippen LogP) is 0.234. The Morgan fingerprint density at radius 1 is 0.902 bits per heavy atom. The minimum Gasteiger partial charge on any atom is -0.507 e. The normalized spacial score (nSPS) is 34.6. The second-order valence-corrected chi connectivity index (χ2v) is 10.6. The Labute approximate surface area is 234 Å². The van der Waals surface area contributed by atoms with Crippen molar-refractivity contribution >= 4 is 11.6 Å². The van der Waals surface area contributed by atoms with Gasteiger partial charge in [0.15, 0.2) is 12.1 Å². The molecule has 0 amide bonds. The predicted molar refractivity (Wildman–Crippen MR) is 137 cm³/mol. The topological polar surface area (TPSA) is 202 Å². The zero-order valence-corrected chi connectivity index (χ0v) is 22.9. The van der Waals surface area contributed by atoms with Crippen molar-refractivity contribution in [1.29, 1.82) is 0 Å². The molecule has 1 heterocycles. The third-order valence-corrected chi connectivity index (χ3v) is 8.22. The Bertz CT molecular complexity index is 1400. The van der Waals surface area contributed by atoms with Crippen molar-refractivity contribution in [2.24, 2.45) is 0 Å². The number of benzene rings is 2. The molecule has 222 valence electrons. The van der Waals surface area contributed by atoms with Crippen molar-refractivity contribution in [2.45, 2.75) is 68.5 Å². The maximum atomic E-state index is 13.7. The fourth-order valence-electron chi connectivity index (χ4n) is 5.98. The van der Waals surface area contributed by atoms with Crippen LogP contribution in [0.2, 0.25) is 0 Å². The monoisotopic (exact) mass is 576 g/mol. The molecule has 3 aliphatic rings. The van der Waals surface area contributed by atoms with Crippen LogP contribution in [0.15, 0.2) is 18.2 Å². The molecule has 9 atom stereocenters. The van der Waals surface area contributed by atoms with Gasteiger partial charge in [-0.2, -0.15) is 0 Å². The molecule has 1 fully saturated rings. The minimum atomic E-state index is -2.06. The number of phenols is 2. The lowest BCUT2D eigenvalue weighted by molar-refractivity contribution is -0.327. The summed E-state index contributed by atoms with van der Waals surface area (Å²) < 4.78 is 27.9. The van der Waals surface area contributed by atoms with Crippen LogP contribution in [0.3, 0.4) is 0 Å². The third kappa shape index (κ3) is 4.23. The molecular weight excluding hydrogens is 544 g/mol. The standard InChI is InChI=1S/C28H32O13/c1-9-18(30)22(34)24(38-4)27(40-9)41-23-17-13(25(35)28(2,36)26(23)39-5)8-12-16(21(17)33)20(32)15-11(19(12)31)6-10(37-3)7-14(15)29/h6-9,18,22-27,29-30,33-36H,1-5H3/t9-,18-,22+,23+,24-,25+,26-,27+,28+/m0/s1. The number of hydrogen-bond acceptors (Lipinski definition) is 13. The Hall–Kier alpha value is -3.14. The van der Waals surface area contributed by atoms with Crippen LogP contribution in [0.1, 0.15) is 69.0 Å². The Morgan fingerprint density at radius 2 is 1.56 bits per heavy atom. The summed E-state index contributed by atoms with van der Waals surface area (Å²) in [5.41, 5.74) is -3.60. The first-order chi connectivity index (χ1) is 19.3. The molecule has 5 rings (SSSR count). The molecule has 2 aromatic rings. The smallest absolute Gasteiger partial charge is 0.201 e. The highest BCUT2D eigenvalue weighted by Gasteiger charge is 2.55. The molecule has 0 unspecified atom stereocenters. The first-order valence-electron chi connectivity index (χ1n) is 12.8. The number of fused-ring (bicyclic) bond motifs is 3. The number of carbonyl (C=O) groups excluding carboxylic acids is 2. The lowest BCUT2D eigenvalue weighted by atomic mass is 9.71. The Morgan fingerprint density at radius 3 is 2.17 bits per heavy atom. The van der Waals surface area contributed by atoms with E-state index in [0.717, 1.165) is 6.07 Å². The number of aliphatic hydroxyl groups is 4. The van der Waals surface area contributed by atoms with Gasteiger partial charge >= 0.3 is 0 Å². The number of aliphatic hydroxyl groups excluding tert-OH is 3. The number of methoxy groups -OCH3 is 3. The van der Waals surface area contributed by atoms with Gasteiger partial charge in [0.2, 0.25) is 5.78 Å². The van der Waals surface area contributed by atoms with Gasteiger partial charge in [-0.25, -0.2) is 0 Å². The summed E-state index contributed by atoms with van der Waals surface area (Å²) in [6.07, 6.45) is -10.8. The second kappa shape index (κ2) is 10.3. The molecule has 13 heteroatoms. The molecule has 0 radical (unpaired) electrons. The van der Waals surface area contributed by atoms with Crippen LogP contribution in [-0.2, 0) is 18.9 Å². The van der Waals surface area contributed by atoms with Gasteiger partial charge in [0.25, 0.3) is 0 Å². The number of ketones is 2.